The van der Waals surface area contributed by atoms with Crippen molar-refractivity contribution >= 4 is 11.8 Å². The van der Waals surface area contributed by atoms with Gasteiger partial charge >= 0.3 is 0 Å². The van der Waals surface area contributed by atoms with Crippen LogP contribution in [-0.2, 0) is 17.8 Å². The first-order valence-corrected chi connectivity index (χ1v) is 8.89. The van der Waals surface area contributed by atoms with Gasteiger partial charge in [0.05, 0.1) is 0 Å². The standard InChI is InChI=1S/C21H23FN2O2/c1-24(20(25)12-7-15-3-2-4-18(22)13-15)14-16-5-8-17(9-6-16)21(26)23-19-10-11-19/h2-6,8-9,13,19H,7,10-12,14H2,1H3,(H,23,26). The van der Waals surface area contributed by atoms with Crippen LogP contribution >= 0.6 is 0 Å². The zero-order valence-electron chi connectivity index (χ0n) is 14.9. The van der Waals surface area contributed by atoms with Crippen LogP contribution in [0.4, 0.5) is 4.39 Å². The highest BCUT2D eigenvalue weighted by atomic mass is 19.1. The van der Waals surface area contributed by atoms with Crippen LogP contribution in [0.25, 0.3) is 0 Å². The highest BCUT2D eigenvalue weighted by molar-refractivity contribution is 5.94. The topological polar surface area (TPSA) is 49.4 Å². The quantitative estimate of drug-likeness (QED) is 0.829. The highest BCUT2D eigenvalue weighted by Gasteiger charge is 2.23. The summed E-state index contributed by atoms with van der Waals surface area (Å²) in [5.41, 5.74) is 2.42. The van der Waals surface area contributed by atoms with E-state index < -0.39 is 0 Å². The molecule has 136 valence electrons. The second-order valence-electron chi connectivity index (χ2n) is 6.82. The van der Waals surface area contributed by atoms with Gasteiger partial charge in [-0.15, -0.1) is 0 Å². The van der Waals surface area contributed by atoms with E-state index in [-0.39, 0.29) is 17.6 Å². The van der Waals surface area contributed by atoms with Crippen molar-refractivity contribution in [2.45, 2.75) is 38.3 Å². The Labute approximate surface area is 153 Å². The van der Waals surface area contributed by atoms with Gasteiger partial charge < -0.3 is 10.2 Å². The van der Waals surface area contributed by atoms with Crippen molar-refractivity contribution in [1.82, 2.24) is 10.2 Å². The van der Waals surface area contributed by atoms with E-state index in [1.807, 2.05) is 18.2 Å². The fraction of sp³-hybridized carbons (Fsp3) is 0.333. The van der Waals surface area contributed by atoms with Gasteiger partial charge in [0.1, 0.15) is 5.82 Å². The monoisotopic (exact) mass is 354 g/mol. The summed E-state index contributed by atoms with van der Waals surface area (Å²) >= 11 is 0. The number of hydrogen-bond acceptors (Lipinski definition) is 2. The van der Waals surface area contributed by atoms with Crippen molar-refractivity contribution in [2.75, 3.05) is 7.05 Å². The van der Waals surface area contributed by atoms with E-state index >= 15 is 0 Å². The maximum atomic E-state index is 13.2. The summed E-state index contributed by atoms with van der Waals surface area (Å²) in [6, 6.07) is 14.0. The number of rotatable bonds is 7. The lowest BCUT2D eigenvalue weighted by Crippen LogP contribution is -2.27. The summed E-state index contributed by atoms with van der Waals surface area (Å²) < 4.78 is 13.2. The number of nitrogens with one attached hydrogen (secondary N) is 1. The Balaban J connectivity index is 1.49. The molecule has 0 atom stereocenters. The van der Waals surface area contributed by atoms with Gasteiger partial charge in [-0.05, 0) is 54.7 Å². The molecule has 0 unspecified atom stereocenters. The molecule has 0 bridgehead atoms. The summed E-state index contributed by atoms with van der Waals surface area (Å²) in [5, 5.41) is 2.95. The maximum Gasteiger partial charge on any atom is 0.251 e. The van der Waals surface area contributed by atoms with Gasteiger partial charge in [-0.25, -0.2) is 4.39 Å². The van der Waals surface area contributed by atoms with Gasteiger partial charge in [-0.1, -0.05) is 24.3 Å². The molecule has 0 aliphatic heterocycles. The minimum atomic E-state index is -0.283. The minimum Gasteiger partial charge on any atom is -0.349 e. The van der Waals surface area contributed by atoms with Crippen molar-refractivity contribution in [1.29, 1.82) is 0 Å². The highest BCUT2D eigenvalue weighted by Crippen LogP contribution is 2.19. The molecule has 0 heterocycles. The number of nitrogens with zero attached hydrogens (tertiary/aromatic N) is 1. The number of aryl methyl sites for hydroxylation is 1. The molecule has 1 N–H and O–H groups in total. The second-order valence-corrected chi connectivity index (χ2v) is 6.82. The van der Waals surface area contributed by atoms with Crippen molar-refractivity contribution in [3.8, 4) is 0 Å². The predicted molar refractivity (Wildman–Crippen MR) is 98.1 cm³/mol. The first-order valence-electron chi connectivity index (χ1n) is 8.89. The third-order valence-electron chi connectivity index (χ3n) is 4.49. The van der Waals surface area contributed by atoms with Crippen molar-refractivity contribution in [3.63, 3.8) is 0 Å². The van der Waals surface area contributed by atoms with Gasteiger partial charge in [-0.3, -0.25) is 9.59 Å². The van der Waals surface area contributed by atoms with Gasteiger partial charge in [0.15, 0.2) is 0 Å². The Kier molecular flexibility index (Phi) is 5.66. The fourth-order valence-electron chi connectivity index (χ4n) is 2.75. The smallest absolute Gasteiger partial charge is 0.251 e. The Hall–Kier alpha value is -2.69. The van der Waals surface area contributed by atoms with Gasteiger partial charge in [0.2, 0.25) is 5.91 Å². The maximum absolute atomic E-state index is 13.2. The molecule has 0 radical (unpaired) electrons. The molecular weight excluding hydrogens is 331 g/mol. The Morgan fingerprint density at radius 2 is 1.85 bits per heavy atom. The van der Waals surface area contributed by atoms with Crippen LogP contribution in [-0.4, -0.2) is 29.8 Å². The summed E-state index contributed by atoms with van der Waals surface area (Å²) in [6.07, 6.45) is 2.97. The van der Waals surface area contributed by atoms with Gasteiger partial charge in [0.25, 0.3) is 5.91 Å². The first-order chi connectivity index (χ1) is 12.5. The Morgan fingerprint density at radius 1 is 1.12 bits per heavy atom. The van der Waals surface area contributed by atoms with E-state index in [0.29, 0.717) is 31.0 Å². The van der Waals surface area contributed by atoms with Crippen molar-refractivity contribution in [2.24, 2.45) is 0 Å². The Bertz CT molecular complexity index is 785. The average molecular weight is 354 g/mol. The number of carbonyl (C=O) groups is 2. The molecule has 0 saturated heterocycles. The number of carbonyl (C=O) groups excluding carboxylic acids is 2. The number of hydrogen-bond donors (Lipinski definition) is 1. The first kappa shape index (κ1) is 18.1. The molecule has 5 heteroatoms. The molecule has 26 heavy (non-hydrogen) atoms. The normalized spacial score (nSPS) is 13.3. The molecule has 1 aliphatic carbocycles. The zero-order valence-corrected chi connectivity index (χ0v) is 14.9. The van der Waals surface area contributed by atoms with Gasteiger partial charge in [-0.2, -0.15) is 0 Å². The van der Waals surface area contributed by atoms with Crippen LogP contribution in [0.3, 0.4) is 0 Å². The van der Waals surface area contributed by atoms with Crippen molar-refractivity contribution < 1.29 is 14.0 Å². The lowest BCUT2D eigenvalue weighted by atomic mass is 10.1. The van der Waals surface area contributed by atoms with E-state index in [1.165, 1.54) is 12.1 Å². The molecule has 1 aliphatic rings. The van der Waals surface area contributed by atoms with Crippen LogP contribution in [0.5, 0.6) is 0 Å². The molecule has 2 aromatic rings. The largest absolute Gasteiger partial charge is 0.349 e. The van der Waals surface area contributed by atoms with Crippen LogP contribution < -0.4 is 5.32 Å². The predicted octanol–water partition coefficient (Wildman–Crippen LogP) is 3.31. The van der Waals surface area contributed by atoms with E-state index in [9.17, 15) is 14.0 Å². The summed E-state index contributed by atoms with van der Waals surface area (Å²) in [4.78, 5) is 25.9. The SMILES string of the molecule is CN(Cc1ccc(C(=O)NC2CC2)cc1)C(=O)CCc1cccc(F)c1. The van der Waals surface area contributed by atoms with E-state index in [0.717, 1.165) is 24.0 Å². The summed E-state index contributed by atoms with van der Waals surface area (Å²) in [6.45, 7) is 0.479. The van der Waals surface area contributed by atoms with E-state index in [4.69, 9.17) is 0 Å². The molecule has 2 aromatic carbocycles. The van der Waals surface area contributed by atoms with Crippen LogP contribution in [0.1, 0.15) is 40.7 Å². The number of benzene rings is 2. The minimum absolute atomic E-state index is 0.00446. The average Bonchev–Trinajstić information content (AvgIpc) is 3.44. The van der Waals surface area contributed by atoms with Crippen LogP contribution in [0, 0.1) is 5.82 Å². The molecule has 2 amide bonds. The fourth-order valence-corrected chi connectivity index (χ4v) is 2.75. The molecule has 3 rings (SSSR count). The van der Waals surface area contributed by atoms with Crippen LogP contribution in [0.15, 0.2) is 48.5 Å². The van der Waals surface area contributed by atoms with Crippen LogP contribution in [0.2, 0.25) is 0 Å². The number of amides is 2. The molecule has 1 fully saturated rings. The van der Waals surface area contributed by atoms with Gasteiger partial charge in [0, 0.05) is 31.6 Å². The summed E-state index contributed by atoms with van der Waals surface area (Å²) in [7, 11) is 1.75. The van der Waals surface area contributed by atoms with Crippen molar-refractivity contribution in [3.05, 3.63) is 71.0 Å². The molecular formula is C21H23FN2O2. The molecule has 4 nitrogen and oxygen atoms in total. The number of halogens is 1. The lowest BCUT2D eigenvalue weighted by molar-refractivity contribution is -0.130. The van der Waals surface area contributed by atoms with E-state index in [2.05, 4.69) is 5.32 Å². The lowest BCUT2D eigenvalue weighted by Gasteiger charge is -2.17. The van der Waals surface area contributed by atoms with E-state index in [1.54, 1.807) is 30.1 Å². The second kappa shape index (κ2) is 8.13. The third kappa shape index (κ3) is 5.15. The summed E-state index contributed by atoms with van der Waals surface area (Å²) in [5.74, 6) is -0.322. The molecule has 0 aromatic heterocycles. The third-order valence-corrected chi connectivity index (χ3v) is 4.49. The molecule has 0 spiro atoms. The zero-order chi connectivity index (χ0) is 18.5. The Morgan fingerprint density at radius 3 is 2.50 bits per heavy atom. The molecule has 1 saturated carbocycles.